The summed E-state index contributed by atoms with van der Waals surface area (Å²) < 4.78 is 20.2. The Morgan fingerprint density at radius 3 is 2.47 bits per heavy atom. The number of carbonyl (C=O) groups is 2. The number of nitrogens with zero attached hydrogens (tertiary/aromatic N) is 2. The largest absolute Gasteiger partial charge is 0.460 e. The average Bonchev–Trinajstić information content (AvgIpc) is 2.68. The van der Waals surface area contributed by atoms with Crippen molar-refractivity contribution < 1.29 is 33.3 Å². The molecule has 0 unspecified atom stereocenters. The third-order valence-electron chi connectivity index (χ3n) is 2.43. The zero-order valence-electron chi connectivity index (χ0n) is 11.2. The van der Waals surface area contributed by atoms with Crippen molar-refractivity contribution in [2.24, 2.45) is 0 Å². The van der Waals surface area contributed by atoms with Crippen LogP contribution in [0.2, 0.25) is 0 Å². The van der Waals surface area contributed by atoms with Gasteiger partial charge in [-0.2, -0.15) is 4.79 Å². The van der Waals surface area contributed by atoms with Crippen molar-refractivity contribution in [1.82, 2.24) is 0 Å². The van der Waals surface area contributed by atoms with Crippen LogP contribution in [-0.4, -0.2) is 54.2 Å². The molecule has 1 rings (SSSR count). The van der Waals surface area contributed by atoms with E-state index in [1.807, 2.05) is 0 Å². The van der Waals surface area contributed by atoms with Gasteiger partial charge in [0.25, 0.3) is 0 Å². The SMILES string of the molecule is COC(=O)C(=[N+]=[N-])[C@@H](OC(C)=O)[C@H]1COC(C)(C)O1. The third kappa shape index (κ3) is 3.85. The molecule has 0 aromatic carbocycles. The highest BCUT2D eigenvalue weighted by atomic mass is 16.8. The van der Waals surface area contributed by atoms with E-state index in [1.54, 1.807) is 13.8 Å². The molecule has 19 heavy (non-hydrogen) atoms. The molecule has 2 atom stereocenters. The van der Waals surface area contributed by atoms with Gasteiger partial charge in [0.05, 0.1) is 13.7 Å². The molecular weight excluding hydrogens is 256 g/mol. The molecule has 0 aliphatic carbocycles. The molecule has 8 heteroatoms. The summed E-state index contributed by atoms with van der Waals surface area (Å²) in [4.78, 5) is 25.4. The van der Waals surface area contributed by atoms with Gasteiger partial charge in [0, 0.05) is 6.92 Å². The van der Waals surface area contributed by atoms with Crippen molar-refractivity contribution in [1.29, 1.82) is 0 Å². The summed E-state index contributed by atoms with van der Waals surface area (Å²) in [5, 5.41) is 0. The first-order valence-corrected chi connectivity index (χ1v) is 5.60. The first kappa shape index (κ1) is 15.3. The average molecular weight is 272 g/mol. The van der Waals surface area contributed by atoms with Crippen molar-refractivity contribution in [3.63, 3.8) is 0 Å². The van der Waals surface area contributed by atoms with Crippen LogP contribution in [-0.2, 0) is 28.5 Å². The predicted octanol–water partition coefficient (Wildman–Crippen LogP) is -0.0866. The number of esters is 2. The second-order valence-corrected chi connectivity index (χ2v) is 4.37. The van der Waals surface area contributed by atoms with Crippen LogP contribution in [0, 0.1) is 0 Å². The quantitative estimate of drug-likeness (QED) is 0.306. The van der Waals surface area contributed by atoms with Crippen LogP contribution in [0.15, 0.2) is 0 Å². The minimum Gasteiger partial charge on any atom is -0.460 e. The lowest BCUT2D eigenvalue weighted by atomic mass is 10.1. The topological polar surface area (TPSA) is 107 Å². The molecule has 0 radical (unpaired) electrons. The summed E-state index contributed by atoms with van der Waals surface area (Å²) >= 11 is 0. The first-order chi connectivity index (χ1) is 8.80. The Morgan fingerprint density at radius 1 is 1.47 bits per heavy atom. The van der Waals surface area contributed by atoms with Crippen molar-refractivity contribution in [2.75, 3.05) is 13.7 Å². The monoisotopic (exact) mass is 272 g/mol. The highest BCUT2D eigenvalue weighted by Crippen LogP contribution is 2.26. The maximum atomic E-state index is 11.5. The van der Waals surface area contributed by atoms with Gasteiger partial charge < -0.3 is 24.5 Å². The molecule has 1 heterocycles. The Morgan fingerprint density at radius 2 is 2.11 bits per heavy atom. The fraction of sp³-hybridized carbons (Fsp3) is 0.727. The summed E-state index contributed by atoms with van der Waals surface area (Å²) in [6, 6.07) is 0. The van der Waals surface area contributed by atoms with Crippen molar-refractivity contribution in [3.05, 3.63) is 5.53 Å². The number of rotatable bonds is 4. The van der Waals surface area contributed by atoms with Gasteiger partial charge in [-0.1, -0.05) is 0 Å². The number of carbonyl (C=O) groups excluding carboxylic acids is 2. The molecule has 1 aliphatic rings. The zero-order valence-corrected chi connectivity index (χ0v) is 11.2. The first-order valence-electron chi connectivity index (χ1n) is 5.60. The molecule has 1 aliphatic heterocycles. The Kier molecular flexibility index (Phi) is 4.77. The van der Waals surface area contributed by atoms with Crippen molar-refractivity contribution in [3.8, 4) is 0 Å². The van der Waals surface area contributed by atoms with Gasteiger partial charge in [-0.3, -0.25) is 4.79 Å². The lowest BCUT2D eigenvalue weighted by Gasteiger charge is -2.20. The molecule has 0 aromatic rings. The maximum absolute atomic E-state index is 11.5. The highest BCUT2D eigenvalue weighted by molar-refractivity contribution is 6.36. The smallest absolute Gasteiger partial charge is 0.420 e. The van der Waals surface area contributed by atoms with E-state index in [1.165, 1.54) is 6.92 Å². The van der Waals surface area contributed by atoms with E-state index >= 15 is 0 Å². The van der Waals surface area contributed by atoms with Crippen LogP contribution >= 0.6 is 0 Å². The van der Waals surface area contributed by atoms with Gasteiger partial charge >= 0.3 is 17.7 Å². The summed E-state index contributed by atoms with van der Waals surface area (Å²) in [6.07, 6.45) is -1.96. The molecule has 0 saturated carbocycles. The normalized spacial score (nSPS) is 22.2. The Labute approximate surface area is 110 Å². The Bertz CT molecular complexity index is 427. The fourth-order valence-electron chi connectivity index (χ4n) is 1.67. The van der Waals surface area contributed by atoms with Crippen molar-refractivity contribution in [2.45, 2.75) is 38.8 Å². The molecule has 0 aromatic heterocycles. The third-order valence-corrected chi connectivity index (χ3v) is 2.43. The van der Waals surface area contributed by atoms with Gasteiger partial charge in [-0.15, -0.1) is 0 Å². The van der Waals surface area contributed by atoms with Crippen LogP contribution in [0.4, 0.5) is 0 Å². The highest BCUT2D eigenvalue weighted by Gasteiger charge is 2.47. The van der Waals surface area contributed by atoms with Crippen LogP contribution < -0.4 is 0 Å². The summed E-state index contributed by atoms with van der Waals surface area (Å²) in [5.41, 5.74) is 8.45. The molecule has 1 saturated heterocycles. The predicted molar refractivity (Wildman–Crippen MR) is 61.1 cm³/mol. The molecule has 0 N–H and O–H groups in total. The minimum absolute atomic E-state index is 0.0843. The molecular formula is C11H16N2O6. The Hall–Kier alpha value is -1.76. The van der Waals surface area contributed by atoms with Crippen LogP contribution in [0.5, 0.6) is 0 Å². The van der Waals surface area contributed by atoms with E-state index in [-0.39, 0.29) is 6.61 Å². The van der Waals surface area contributed by atoms with E-state index in [0.717, 1.165) is 7.11 Å². The molecule has 1 fully saturated rings. The van der Waals surface area contributed by atoms with Crippen LogP contribution in [0.1, 0.15) is 20.8 Å². The van der Waals surface area contributed by atoms with Gasteiger partial charge in [0.1, 0.15) is 6.10 Å². The molecule has 0 spiro atoms. The van der Waals surface area contributed by atoms with Crippen LogP contribution in [0.25, 0.3) is 5.53 Å². The van der Waals surface area contributed by atoms with Crippen molar-refractivity contribution >= 4 is 17.7 Å². The standard InChI is InChI=1S/C11H16N2O6/c1-6(14)18-9(8(13-12)10(15)16-4)7-5-17-11(2,3)19-7/h7,9H,5H2,1-4H3/t7-,9+/m1/s1. The zero-order chi connectivity index (χ0) is 14.6. The van der Waals surface area contributed by atoms with Crippen LogP contribution in [0.3, 0.4) is 0 Å². The lowest BCUT2D eigenvalue weighted by molar-refractivity contribution is -0.167. The maximum Gasteiger partial charge on any atom is 0.420 e. The van der Waals surface area contributed by atoms with E-state index in [2.05, 4.69) is 9.53 Å². The van der Waals surface area contributed by atoms with Gasteiger partial charge in [0.2, 0.25) is 6.10 Å². The molecule has 8 nitrogen and oxygen atoms in total. The lowest BCUT2D eigenvalue weighted by Crippen LogP contribution is -2.44. The molecule has 106 valence electrons. The number of methoxy groups -OCH3 is 1. The molecule has 0 amide bonds. The Balaban J connectivity index is 2.98. The van der Waals surface area contributed by atoms with Gasteiger partial charge in [0.15, 0.2) is 5.79 Å². The second-order valence-electron chi connectivity index (χ2n) is 4.37. The number of hydrogen-bond donors (Lipinski definition) is 0. The molecule has 0 bridgehead atoms. The van der Waals surface area contributed by atoms with E-state index < -0.39 is 35.6 Å². The van der Waals surface area contributed by atoms with E-state index in [4.69, 9.17) is 19.7 Å². The second kappa shape index (κ2) is 5.92. The minimum atomic E-state index is -1.20. The van der Waals surface area contributed by atoms with Gasteiger partial charge in [-0.25, -0.2) is 4.79 Å². The number of ether oxygens (including phenoxy) is 4. The fourth-order valence-corrected chi connectivity index (χ4v) is 1.67. The summed E-state index contributed by atoms with van der Waals surface area (Å²) in [6.45, 7) is 4.60. The number of hydrogen-bond acceptors (Lipinski definition) is 6. The van der Waals surface area contributed by atoms with Gasteiger partial charge in [-0.05, 0) is 13.8 Å². The summed E-state index contributed by atoms with van der Waals surface area (Å²) in [5.74, 6) is -2.44. The van der Waals surface area contributed by atoms with E-state index in [9.17, 15) is 9.59 Å². The van der Waals surface area contributed by atoms with E-state index in [0.29, 0.717) is 0 Å². The summed E-state index contributed by atoms with van der Waals surface area (Å²) in [7, 11) is 1.12.